The van der Waals surface area contributed by atoms with Crippen LogP contribution in [0.25, 0.3) is 33.5 Å². The van der Waals surface area contributed by atoms with E-state index in [9.17, 15) is 36.0 Å². The number of Topliss-reactive ketones (excluding diaryl/α,β-unsaturated/α-hetero) is 1. The lowest BCUT2D eigenvalue weighted by molar-refractivity contribution is -0.142. The van der Waals surface area contributed by atoms with Crippen molar-refractivity contribution in [3.63, 3.8) is 0 Å². The number of sulfonamides is 1. The smallest absolute Gasteiger partial charge is 0.416 e. The normalized spacial score (nSPS) is 25.5. The van der Waals surface area contributed by atoms with E-state index in [4.69, 9.17) is 25.7 Å². The van der Waals surface area contributed by atoms with Gasteiger partial charge in [-0.25, -0.2) is 13.4 Å². The highest BCUT2D eigenvalue weighted by Crippen LogP contribution is 2.57. The highest BCUT2D eigenvalue weighted by atomic mass is 35.5. The summed E-state index contributed by atoms with van der Waals surface area (Å²) in [5.74, 6) is -2.17. The Hall–Kier alpha value is -5.28. The second kappa shape index (κ2) is 16.4. The molecule has 0 spiro atoms. The number of benzene rings is 3. The fourth-order valence-electron chi connectivity index (χ4n) is 9.01. The van der Waals surface area contributed by atoms with E-state index in [1.807, 2.05) is 30.4 Å². The van der Waals surface area contributed by atoms with Gasteiger partial charge in [0.05, 0.1) is 28.8 Å². The average Bonchev–Trinajstić information content (AvgIpc) is 4.14. The quantitative estimate of drug-likeness (QED) is 0.151. The maximum absolute atomic E-state index is 14.9. The first kappa shape index (κ1) is 42.0. The third kappa shape index (κ3) is 8.57. The number of aromatic nitrogens is 2. The Kier molecular flexibility index (Phi) is 11.2. The Morgan fingerprint density at radius 3 is 2.53 bits per heavy atom. The van der Waals surface area contributed by atoms with Crippen LogP contribution in [0.2, 0.25) is 5.02 Å². The number of alkyl halides is 3. The largest absolute Gasteiger partial charge is 0.470 e. The molecule has 2 aliphatic heterocycles. The molecule has 3 fully saturated rings. The monoisotopic (exact) mass is 888 g/mol. The molecule has 2 amide bonds. The maximum atomic E-state index is 14.9. The van der Waals surface area contributed by atoms with E-state index in [1.165, 1.54) is 17.0 Å². The molecule has 2 saturated carbocycles. The van der Waals surface area contributed by atoms with Crippen LogP contribution < -0.4 is 9.46 Å². The van der Waals surface area contributed by atoms with Crippen LogP contribution in [-0.4, -0.2) is 64.8 Å². The summed E-state index contributed by atoms with van der Waals surface area (Å²) in [5, 5.41) is 0.521. The summed E-state index contributed by atoms with van der Waals surface area (Å²) in [6.45, 7) is -0.0266. The van der Waals surface area contributed by atoms with Crippen molar-refractivity contribution in [2.75, 3.05) is 6.54 Å². The lowest BCUT2D eigenvalue weighted by Crippen LogP contribution is -2.46. The second-order valence-electron chi connectivity index (χ2n) is 17.1. The zero-order valence-electron chi connectivity index (χ0n) is 33.6. The number of rotatable bonds is 8. The number of carbonyl (C=O) groups excluding carboxylic acids is 3. The SMILES string of the molecule is O=C1C[C@]2(C(=O)NS(=O)(=O)C3CC3)C[C@@H]2/C=C\CCCCC[C@H](Cc2cccc(Cl)c2)C(=O)N2C[C@H](Oc3nc(-c4ccc(C(F)(F)F)cc4)nc4c3oc3ccccc34)C[C@@H]12. The van der Waals surface area contributed by atoms with Gasteiger partial charge in [-0.15, -0.1) is 0 Å². The van der Waals surface area contributed by atoms with Gasteiger partial charge in [0.25, 0.3) is 5.88 Å². The molecule has 4 heterocycles. The molecule has 1 saturated heterocycles. The van der Waals surface area contributed by atoms with Gasteiger partial charge in [0, 0.05) is 34.7 Å². The number of furan rings is 1. The van der Waals surface area contributed by atoms with Crippen LogP contribution in [0.4, 0.5) is 13.2 Å². The van der Waals surface area contributed by atoms with Crippen LogP contribution in [0.1, 0.15) is 75.3 Å². The molecule has 2 aromatic heterocycles. The second-order valence-corrected chi connectivity index (χ2v) is 19.5. The number of hydrogen-bond acceptors (Lipinski definition) is 9. The Labute approximate surface area is 361 Å². The molecule has 11 nitrogen and oxygen atoms in total. The molecule has 5 aromatic rings. The van der Waals surface area contributed by atoms with Gasteiger partial charge in [-0.2, -0.15) is 18.2 Å². The van der Waals surface area contributed by atoms with Crippen LogP contribution >= 0.6 is 11.6 Å². The molecule has 0 radical (unpaired) electrons. The first-order chi connectivity index (χ1) is 29.7. The van der Waals surface area contributed by atoms with Crippen molar-refractivity contribution in [3.8, 4) is 17.3 Å². The van der Waals surface area contributed by atoms with Gasteiger partial charge in [-0.1, -0.05) is 73.0 Å². The van der Waals surface area contributed by atoms with Crippen LogP contribution in [-0.2, 0) is 37.0 Å². The summed E-state index contributed by atoms with van der Waals surface area (Å²) >= 11 is 6.36. The molecule has 4 aliphatic rings. The molecule has 9 rings (SSSR count). The Bertz CT molecular complexity index is 2700. The van der Waals surface area contributed by atoms with E-state index in [-0.39, 0.29) is 54.9 Å². The fourth-order valence-corrected chi connectivity index (χ4v) is 10.6. The molecular formula is C46H44ClF3N4O7S. The predicted octanol–water partition coefficient (Wildman–Crippen LogP) is 9.02. The number of para-hydroxylation sites is 1. The summed E-state index contributed by atoms with van der Waals surface area (Å²) in [6.07, 6.45) is 3.62. The minimum atomic E-state index is -4.55. The minimum absolute atomic E-state index is 0.0160. The van der Waals surface area contributed by atoms with Gasteiger partial charge in [0.2, 0.25) is 27.4 Å². The molecule has 5 atom stereocenters. The van der Waals surface area contributed by atoms with Crippen LogP contribution in [0.15, 0.2) is 89.4 Å². The van der Waals surface area contributed by atoms with Gasteiger partial charge in [-0.3, -0.25) is 19.1 Å². The van der Waals surface area contributed by atoms with Gasteiger partial charge in [0.1, 0.15) is 17.2 Å². The molecule has 0 bridgehead atoms. The topological polar surface area (TPSA) is 149 Å². The number of amides is 2. The summed E-state index contributed by atoms with van der Waals surface area (Å²) in [7, 11) is -3.90. The van der Waals surface area contributed by atoms with E-state index in [1.54, 1.807) is 30.3 Å². The van der Waals surface area contributed by atoms with E-state index in [0.29, 0.717) is 52.8 Å². The van der Waals surface area contributed by atoms with Crippen molar-refractivity contribution in [1.82, 2.24) is 19.6 Å². The number of fused-ring (bicyclic) bond motifs is 5. The first-order valence-electron chi connectivity index (χ1n) is 21.0. The highest BCUT2D eigenvalue weighted by Gasteiger charge is 2.61. The number of ether oxygens (including phenoxy) is 1. The van der Waals surface area contributed by atoms with E-state index < -0.39 is 62.2 Å². The van der Waals surface area contributed by atoms with Crippen LogP contribution in [0.3, 0.4) is 0 Å². The molecule has 1 N–H and O–H groups in total. The molecule has 324 valence electrons. The molecule has 2 aliphatic carbocycles. The van der Waals surface area contributed by atoms with Gasteiger partial charge < -0.3 is 14.1 Å². The summed E-state index contributed by atoms with van der Waals surface area (Å²) in [5.41, 5.74) is 0.0502. The Balaban J connectivity index is 1.07. The number of ketones is 1. The summed E-state index contributed by atoms with van der Waals surface area (Å²) < 4.78 is 81.5. The number of carbonyl (C=O) groups is 3. The first-order valence-corrected chi connectivity index (χ1v) is 22.9. The molecule has 62 heavy (non-hydrogen) atoms. The average molecular weight is 889 g/mol. The van der Waals surface area contributed by atoms with Gasteiger partial charge >= 0.3 is 6.18 Å². The fraction of sp³-hybridized carbons (Fsp3) is 0.413. The molecule has 0 unspecified atom stereocenters. The number of allylic oxidation sites excluding steroid dienone is 2. The highest BCUT2D eigenvalue weighted by molar-refractivity contribution is 7.90. The standard InChI is InChI=1S/C46H44ClF3N4O7S/c47-32-12-8-9-27(22-32)21-29-10-4-2-1-3-5-11-31-24-45(31,44(57)53-62(58,59)34-19-20-34)25-37(55)36-23-33(26-54(36)43(29)56)60-42-40-39(35-13-6-7-14-38(35)61-40)51-41(52-42)28-15-17-30(18-16-28)46(48,49)50/h5-9,11-18,22,29,31,33-34,36H,1-4,10,19-21,23-26H2,(H,53,57)/b11-5-/t29-,31+,33-,36+,45-/m1/s1. The molecule has 16 heteroatoms. The molecule has 3 aromatic carbocycles. The molecular weight excluding hydrogens is 845 g/mol. The van der Waals surface area contributed by atoms with Crippen molar-refractivity contribution < 1.29 is 45.1 Å². The predicted molar refractivity (Wildman–Crippen MR) is 225 cm³/mol. The Morgan fingerprint density at radius 1 is 0.984 bits per heavy atom. The van der Waals surface area contributed by atoms with E-state index >= 15 is 0 Å². The summed E-state index contributed by atoms with van der Waals surface area (Å²) in [6, 6.07) is 17.9. The van der Waals surface area contributed by atoms with Gasteiger partial charge in [0.15, 0.2) is 11.6 Å². The van der Waals surface area contributed by atoms with Crippen LogP contribution in [0, 0.1) is 17.3 Å². The van der Waals surface area contributed by atoms with Crippen molar-refractivity contribution in [2.45, 2.75) is 94.2 Å². The third-order valence-corrected chi connectivity index (χ3v) is 14.7. The third-order valence-electron chi connectivity index (χ3n) is 12.6. The number of hydrogen-bond donors (Lipinski definition) is 1. The van der Waals surface area contributed by atoms with Crippen LogP contribution in [0.5, 0.6) is 5.88 Å². The zero-order chi connectivity index (χ0) is 43.4. The summed E-state index contributed by atoms with van der Waals surface area (Å²) in [4.78, 5) is 54.5. The number of halogens is 4. The van der Waals surface area contributed by atoms with Gasteiger partial charge in [-0.05, 0) is 92.8 Å². The lowest BCUT2D eigenvalue weighted by Gasteiger charge is -2.29. The van der Waals surface area contributed by atoms with Crippen molar-refractivity contribution in [3.05, 3.63) is 101 Å². The lowest BCUT2D eigenvalue weighted by atomic mass is 9.90. The van der Waals surface area contributed by atoms with Crippen molar-refractivity contribution in [1.29, 1.82) is 0 Å². The van der Waals surface area contributed by atoms with Crippen molar-refractivity contribution >= 4 is 61.3 Å². The Morgan fingerprint density at radius 2 is 1.77 bits per heavy atom. The van der Waals surface area contributed by atoms with E-state index in [0.717, 1.165) is 43.4 Å². The van der Waals surface area contributed by atoms with E-state index in [2.05, 4.69) is 9.71 Å². The zero-order valence-corrected chi connectivity index (χ0v) is 35.1. The van der Waals surface area contributed by atoms with Crippen molar-refractivity contribution in [2.24, 2.45) is 17.3 Å². The number of nitrogens with zero attached hydrogens (tertiary/aromatic N) is 3. The minimum Gasteiger partial charge on any atom is -0.470 e. The number of nitrogens with one attached hydrogen (secondary N) is 1. The maximum Gasteiger partial charge on any atom is 0.416 e.